The zero-order valence-corrected chi connectivity index (χ0v) is 11.2. The molecule has 0 aliphatic heterocycles. The van der Waals surface area contributed by atoms with Gasteiger partial charge in [0.05, 0.1) is 11.5 Å². The molecular formula is C15H19F3O. The summed E-state index contributed by atoms with van der Waals surface area (Å²) in [5, 5.41) is 10.6. The van der Waals surface area contributed by atoms with E-state index in [0.717, 1.165) is 16.7 Å². The van der Waals surface area contributed by atoms with Crippen molar-refractivity contribution in [3.63, 3.8) is 0 Å². The van der Waals surface area contributed by atoms with Gasteiger partial charge in [0.1, 0.15) is 0 Å². The van der Waals surface area contributed by atoms with Gasteiger partial charge in [0.2, 0.25) is 0 Å². The number of aryl methyl sites for hydroxylation is 2. The summed E-state index contributed by atoms with van der Waals surface area (Å²) in [5.74, 6) is -1.26. The van der Waals surface area contributed by atoms with Crippen molar-refractivity contribution in [2.75, 3.05) is 0 Å². The maximum atomic E-state index is 12.6. The Bertz CT molecular complexity index is 457. The van der Waals surface area contributed by atoms with E-state index in [1.807, 2.05) is 32.0 Å². The molecule has 0 bridgehead atoms. The Balaban J connectivity index is 2.15. The minimum absolute atomic E-state index is 0.00687. The number of alkyl halides is 3. The van der Waals surface area contributed by atoms with Crippen LogP contribution in [0.4, 0.5) is 13.2 Å². The number of benzene rings is 1. The molecule has 0 aromatic heterocycles. The highest BCUT2D eigenvalue weighted by Gasteiger charge is 2.45. The summed E-state index contributed by atoms with van der Waals surface area (Å²) >= 11 is 0. The first kappa shape index (κ1) is 14.4. The molecular weight excluding hydrogens is 253 g/mol. The Labute approximate surface area is 111 Å². The van der Waals surface area contributed by atoms with Crippen molar-refractivity contribution in [1.82, 2.24) is 0 Å². The van der Waals surface area contributed by atoms with Crippen molar-refractivity contribution >= 4 is 0 Å². The van der Waals surface area contributed by atoms with Crippen molar-refractivity contribution < 1.29 is 18.3 Å². The van der Waals surface area contributed by atoms with Crippen LogP contribution < -0.4 is 0 Å². The van der Waals surface area contributed by atoms with Gasteiger partial charge in [-0.25, -0.2) is 0 Å². The molecule has 0 unspecified atom stereocenters. The van der Waals surface area contributed by atoms with Crippen LogP contribution in [0.1, 0.15) is 42.4 Å². The molecule has 19 heavy (non-hydrogen) atoms. The first-order valence-corrected chi connectivity index (χ1v) is 6.59. The third-order valence-electron chi connectivity index (χ3n) is 4.32. The molecule has 106 valence electrons. The monoisotopic (exact) mass is 272 g/mol. The summed E-state index contributed by atoms with van der Waals surface area (Å²) in [5.41, 5.74) is 1.83. The first-order chi connectivity index (χ1) is 8.72. The molecule has 2 rings (SSSR count). The average Bonchev–Trinajstić information content (AvgIpc) is 2.32. The molecule has 1 saturated carbocycles. The van der Waals surface area contributed by atoms with Crippen molar-refractivity contribution in [3.05, 3.63) is 34.9 Å². The summed E-state index contributed by atoms with van der Waals surface area (Å²) in [6.07, 6.45) is -3.76. The van der Waals surface area contributed by atoms with E-state index in [1.165, 1.54) is 0 Å². The van der Waals surface area contributed by atoms with Crippen LogP contribution in [-0.2, 0) is 5.60 Å². The third-order valence-corrected chi connectivity index (χ3v) is 4.32. The third kappa shape index (κ3) is 2.94. The van der Waals surface area contributed by atoms with E-state index < -0.39 is 17.7 Å². The lowest BCUT2D eigenvalue weighted by atomic mass is 9.74. The zero-order chi connectivity index (χ0) is 14.3. The van der Waals surface area contributed by atoms with Gasteiger partial charge in [-0.15, -0.1) is 0 Å². The molecule has 0 spiro atoms. The number of halogens is 3. The lowest BCUT2D eigenvalue weighted by Gasteiger charge is -2.37. The summed E-state index contributed by atoms with van der Waals surface area (Å²) < 4.78 is 37.9. The molecule has 4 heteroatoms. The lowest BCUT2D eigenvalue weighted by molar-refractivity contribution is -0.193. The Kier molecular flexibility index (Phi) is 3.65. The van der Waals surface area contributed by atoms with Crippen LogP contribution in [-0.4, -0.2) is 11.3 Å². The molecule has 1 aromatic rings. The van der Waals surface area contributed by atoms with Crippen molar-refractivity contribution in [2.45, 2.75) is 51.3 Å². The Morgan fingerprint density at radius 3 is 2.16 bits per heavy atom. The second-order valence-electron chi connectivity index (χ2n) is 5.65. The van der Waals surface area contributed by atoms with Crippen LogP contribution in [0.2, 0.25) is 0 Å². The largest absolute Gasteiger partial charge is 0.391 e. The predicted octanol–water partition coefficient (Wildman–Crippen LogP) is 4.24. The molecule has 1 aromatic carbocycles. The van der Waals surface area contributed by atoms with Gasteiger partial charge in [0.15, 0.2) is 0 Å². The second-order valence-corrected chi connectivity index (χ2v) is 5.65. The normalized spacial score (nSPS) is 28.4. The number of rotatable bonds is 1. The Morgan fingerprint density at radius 2 is 1.68 bits per heavy atom. The fraction of sp³-hybridized carbons (Fsp3) is 0.600. The van der Waals surface area contributed by atoms with Gasteiger partial charge in [-0.3, -0.25) is 0 Å². The van der Waals surface area contributed by atoms with Crippen LogP contribution in [0.25, 0.3) is 0 Å². The smallest absolute Gasteiger partial charge is 0.385 e. The van der Waals surface area contributed by atoms with E-state index >= 15 is 0 Å². The van der Waals surface area contributed by atoms with Gasteiger partial charge in [-0.05, 0) is 56.2 Å². The van der Waals surface area contributed by atoms with Gasteiger partial charge in [0.25, 0.3) is 0 Å². The van der Waals surface area contributed by atoms with Crippen LogP contribution in [0.3, 0.4) is 0 Å². The van der Waals surface area contributed by atoms with E-state index in [2.05, 4.69) is 0 Å². The van der Waals surface area contributed by atoms with Gasteiger partial charge >= 0.3 is 6.18 Å². The topological polar surface area (TPSA) is 20.2 Å². The highest BCUT2D eigenvalue weighted by Crippen LogP contribution is 2.45. The van der Waals surface area contributed by atoms with E-state index in [4.69, 9.17) is 0 Å². The average molecular weight is 272 g/mol. The number of hydrogen-bond acceptors (Lipinski definition) is 1. The molecule has 0 atom stereocenters. The van der Waals surface area contributed by atoms with E-state index in [-0.39, 0.29) is 25.7 Å². The molecule has 1 aliphatic rings. The number of hydrogen-bond donors (Lipinski definition) is 1. The fourth-order valence-corrected chi connectivity index (χ4v) is 2.74. The van der Waals surface area contributed by atoms with Crippen LogP contribution in [0.15, 0.2) is 18.2 Å². The van der Waals surface area contributed by atoms with Gasteiger partial charge in [0, 0.05) is 0 Å². The van der Waals surface area contributed by atoms with Crippen molar-refractivity contribution in [1.29, 1.82) is 0 Å². The number of aliphatic hydroxyl groups is 1. The van der Waals surface area contributed by atoms with E-state index in [0.29, 0.717) is 0 Å². The van der Waals surface area contributed by atoms with Crippen molar-refractivity contribution in [3.8, 4) is 0 Å². The summed E-state index contributed by atoms with van der Waals surface area (Å²) in [6, 6.07) is 5.64. The molecule has 0 amide bonds. The van der Waals surface area contributed by atoms with Crippen molar-refractivity contribution in [2.24, 2.45) is 5.92 Å². The molecule has 0 heterocycles. The SMILES string of the molecule is Cc1ccc(C2(O)CCC(C(F)(F)F)CC2)cc1C. The summed E-state index contributed by atoms with van der Waals surface area (Å²) in [4.78, 5) is 0. The maximum absolute atomic E-state index is 12.6. The molecule has 1 aliphatic carbocycles. The molecule has 1 fully saturated rings. The maximum Gasteiger partial charge on any atom is 0.391 e. The summed E-state index contributed by atoms with van der Waals surface area (Å²) in [7, 11) is 0. The molecule has 1 nitrogen and oxygen atoms in total. The minimum atomic E-state index is -4.13. The quantitative estimate of drug-likeness (QED) is 0.810. The van der Waals surface area contributed by atoms with E-state index in [9.17, 15) is 18.3 Å². The van der Waals surface area contributed by atoms with Gasteiger partial charge in [-0.2, -0.15) is 13.2 Å². The predicted molar refractivity (Wildman–Crippen MR) is 67.8 cm³/mol. The minimum Gasteiger partial charge on any atom is -0.385 e. The highest BCUT2D eigenvalue weighted by molar-refractivity contribution is 5.33. The second kappa shape index (κ2) is 4.82. The molecule has 0 radical (unpaired) electrons. The van der Waals surface area contributed by atoms with Crippen LogP contribution >= 0.6 is 0 Å². The Hall–Kier alpha value is -1.03. The molecule has 1 N–H and O–H groups in total. The lowest BCUT2D eigenvalue weighted by Crippen LogP contribution is -2.36. The standard InChI is InChI=1S/C15H19F3O/c1-10-3-4-13(9-11(10)2)14(19)7-5-12(6-8-14)15(16,17)18/h3-4,9,12,19H,5-8H2,1-2H3. The highest BCUT2D eigenvalue weighted by atomic mass is 19.4. The fourth-order valence-electron chi connectivity index (χ4n) is 2.74. The van der Waals surface area contributed by atoms with E-state index in [1.54, 1.807) is 0 Å². The first-order valence-electron chi connectivity index (χ1n) is 6.59. The van der Waals surface area contributed by atoms with Crippen LogP contribution in [0, 0.1) is 19.8 Å². The van der Waals surface area contributed by atoms with Crippen LogP contribution in [0.5, 0.6) is 0 Å². The molecule has 0 saturated heterocycles. The van der Waals surface area contributed by atoms with Gasteiger partial charge < -0.3 is 5.11 Å². The zero-order valence-electron chi connectivity index (χ0n) is 11.2. The summed E-state index contributed by atoms with van der Waals surface area (Å²) in [6.45, 7) is 3.92. The van der Waals surface area contributed by atoms with Gasteiger partial charge in [-0.1, -0.05) is 18.2 Å². The Morgan fingerprint density at radius 1 is 1.11 bits per heavy atom.